The highest BCUT2D eigenvalue weighted by Crippen LogP contribution is 2.24. The highest BCUT2D eigenvalue weighted by Gasteiger charge is 2.24. The molecule has 5 nitrogen and oxygen atoms in total. The molecule has 1 aliphatic heterocycles. The quantitative estimate of drug-likeness (QED) is 0.667. The molecule has 3 rings (SSSR count). The lowest BCUT2D eigenvalue weighted by molar-refractivity contribution is -0.118. The first-order valence-electron chi connectivity index (χ1n) is 9.53. The van der Waals surface area contributed by atoms with E-state index in [1.807, 2.05) is 24.3 Å². The van der Waals surface area contributed by atoms with Crippen LogP contribution in [-0.4, -0.2) is 38.3 Å². The molecule has 26 heavy (non-hydrogen) atoms. The van der Waals surface area contributed by atoms with Crippen molar-refractivity contribution in [2.24, 2.45) is 5.92 Å². The van der Waals surface area contributed by atoms with E-state index in [1.54, 1.807) is 6.08 Å². The molecule has 1 aromatic rings. The van der Waals surface area contributed by atoms with Gasteiger partial charge in [-0.2, -0.15) is 5.26 Å². The highest BCUT2D eigenvalue weighted by atomic mass is 16.5. The molecule has 1 saturated carbocycles. The Morgan fingerprint density at radius 3 is 2.58 bits per heavy atom. The Balaban J connectivity index is 1.66. The Hall–Kier alpha value is -2.32. The van der Waals surface area contributed by atoms with E-state index in [4.69, 9.17) is 4.74 Å². The van der Waals surface area contributed by atoms with Crippen molar-refractivity contribution < 1.29 is 9.53 Å². The summed E-state index contributed by atoms with van der Waals surface area (Å²) >= 11 is 0. The number of nitrogens with zero attached hydrogens (tertiary/aromatic N) is 2. The molecule has 138 valence electrons. The summed E-state index contributed by atoms with van der Waals surface area (Å²) < 4.78 is 5.38. The molecule has 2 atom stereocenters. The summed E-state index contributed by atoms with van der Waals surface area (Å²) in [6.45, 7) is 5.45. The molecule has 1 heterocycles. The molecule has 5 heteroatoms. The number of rotatable bonds is 4. The molecular formula is C21H27N3O2. The van der Waals surface area contributed by atoms with Gasteiger partial charge in [-0.15, -0.1) is 0 Å². The summed E-state index contributed by atoms with van der Waals surface area (Å²) in [5.74, 6) is 0.212. The van der Waals surface area contributed by atoms with Gasteiger partial charge in [0, 0.05) is 24.8 Å². The van der Waals surface area contributed by atoms with Crippen molar-refractivity contribution in [3.63, 3.8) is 0 Å². The van der Waals surface area contributed by atoms with Gasteiger partial charge < -0.3 is 15.0 Å². The highest BCUT2D eigenvalue weighted by molar-refractivity contribution is 6.01. The first-order chi connectivity index (χ1) is 12.7. The first kappa shape index (κ1) is 18.5. The zero-order chi connectivity index (χ0) is 18.4. The van der Waals surface area contributed by atoms with Crippen LogP contribution >= 0.6 is 0 Å². The number of benzene rings is 1. The second-order valence-corrected chi connectivity index (χ2v) is 7.20. The van der Waals surface area contributed by atoms with Crippen LogP contribution in [0.15, 0.2) is 29.8 Å². The van der Waals surface area contributed by atoms with Crippen LogP contribution in [0, 0.1) is 17.2 Å². The van der Waals surface area contributed by atoms with Gasteiger partial charge >= 0.3 is 0 Å². The molecule has 2 fully saturated rings. The van der Waals surface area contributed by atoms with Gasteiger partial charge in [0.2, 0.25) is 0 Å². The summed E-state index contributed by atoms with van der Waals surface area (Å²) in [6, 6.07) is 10.2. The summed E-state index contributed by atoms with van der Waals surface area (Å²) in [5, 5.41) is 12.5. The summed E-state index contributed by atoms with van der Waals surface area (Å²) in [7, 11) is 0. The fourth-order valence-electron chi connectivity index (χ4n) is 3.70. The fraction of sp³-hybridized carbons (Fsp3) is 0.524. The fourth-order valence-corrected chi connectivity index (χ4v) is 3.70. The van der Waals surface area contributed by atoms with E-state index in [-0.39, 0.29) is 17.5 Å². The molecule has 0 spiro atoms. The Morgan fingerprint density at radius 1 is 1.23 bits per heavy atom. The van der Waals surface area contributed by atoms with Crippen molar-refractivity contribution in [1.82, 2.24) is 5.32 Å². The van der Waals surface area contributed by atoms with E-state index >= 15 is 0 Å². The molecule has 0 aromatic heterocycles. The van der Waals surface area contributed by atoms with Gasteiger partial charge in [0.05, 0.1) is 13.2 Å². The molecule has 0 unspecified atom stereocenters. The van der Waals surface area contributed by atoms with Gasteiger partial charge in [0.25, 0.3) is 5.91 Å². The molecular weight excluding hydrogens is 326 g/mol. The number of nitriles is 1. The third-order valence-electron chi connectivity index (χ3n) is 5.37. The number of hydrogen-bond acceptors (Lipinski definition) is 4. The standard InChI is InChI=1S/C21H27N3O2/c1-16-4-2-3-5-20(16)23-21(25)18(15-22)14-17-6-8-19(9-7-17)24-10-12-26-13-11-24/h6-9,14,16,20H,2-5,10-13H2,1H3,(H,23,25)/b18-14-/t16-,20-/m1/s1. The van der Waals surface area contributed by atoms with E-state index in [1.165, 1.54) is 6.42 Å². The lowest BCUT2D eigenvalue weighted by Gasteiger charge is -2.29. The Morgan fingerprint density at radius 2 is 1.92 bits per heavy atom. The van der Waals surface area contributed by atoms with Crippen LogP contribution in [0.3, 0.4) is 0 Å². The molecule has 1 aromatic carbocycles. The predicted octanol–water partition coefficient (Wildman–Crippen LogP) is 3.13. The molecule has 1 aliphatic carbocycles. The van der Waals surface area contributed by atoms with Gasteiger partial charge in [-0.3, -0.25) is 4.79 Å². The lowest BCUT2D eigenvalue weighted by Crippen LogP contribution is -2.41. The van der Waals surface area contributed by atoms with Gasteiger partial charge in [-0.25, -0.2) is 0 Å². The van der Waals surface area contributed by atoms with Gasteiger partial charge in [-0.05, 0) is 42.5 Å². The minimum Gasteiger partial charge on any atom is -0.378 e. The lowest BCUT2D eigenvalue weighted by atomic mass is 9.86. The number of morpholine rings is 1. The smallest absolute Gasteiger partial charge is 0.262 e. The SMILES string of the molecule is C[C@@H]1CCCC[C@H]1NC(=O)/C(C#N)=C\c1ccc(N2CCOCC2)cc1. The normalized spacial score (nSPS) is 24.0. The number of amides is 1. The van der Waals surface area contributed by atoms with Gasteiger partial charge in [0.1, 0.15) is 11.6 Å². The topological polar surface area (TPSA) is 65.4 Å². The largest absolute Gasteiger partial charge is 0.378 e. The number of nitrogens with one attached hydrogen (secondary N) is 1. The van der Waals surface area contributed by atoms with E-state index in [0.717, 1.165) is 56.8 Å². The Bertz CT molecular complexity index is 684. The molecule has 2 aliphatic rings. The van der Waals surface area contributed by atoms with Crippen molar-refractivity contribution in [2.75, 3.05) is 31.2 Å². The van der Waals surface area contributed by atoms with E-state index in [0.29, 0.717) is 5.92 Å². The minimum atomic E-state index is -0.261. The third kappa shape index (κ3) is 4.64. The zero-order valence-corrected chi connectivity index (χ0v) is 15.4. The van der Waals surface area contributed by atoms with Gasteiger partial charge in [-0.1, -0.05) is 31.9 Å². The third-order valence-corrected chi connectivity index (χ3v) is 5.37. The average Bonchev–Trinajstić information content (AvgIpc) is 2.69. The summed E-state index contributed by atoms with van der Waals surface area (Å²) in [5.41, 5.74) is 2.18. The number of ether oxygens (including phenoxy) is 1. The predicted molar refractivity (Wildman–Crippen MR) is 103 cm³/mol. The van der Waals surface area contributed by atoms with E-state index < -0.39 is 0 Å². The van der Waals surface area contributed by atoms with Crippen molar-refractivity contribution in [1.29, 1.82) is 5.26 Å². The monoisotopic (exact) mass is 353 g/mol. The van der Waals surface area contributed by atoms with Crippen molar-refractivity contribution >= 4 is 17.7 Å². The van der Waals surface area contributed by atoms with Crippen molar-refractivity contribution in [2.45, 2.75) is 38.6 Å². The maximum Gasteiger partial charge on any atom is 0.262 e. The van der Waals surface area contributed by atoms with Crippen LogP contribution in [0.25, 0.3) is 6.08 Å². The van der Waals surface area contributed by atoms with Crippen LogP contribution in [0.2, 0.25) is 0 Å². The number of carbonyl (C=O) groups is 1. The van der Waals surface area contributed by atoms with E-state index in [9.17, 15) is 10.1 Å². The van der Waals surface area contributed by atoms with Crippen LogP contribution in [0.5, 0.6) is 0 Å². The van der Waals surface area contributed by atoms with Crippen molar-refractivity contribution in [3.05, 3.63) is 35.4 Å². The molecule has 1 N–H and O–H groups in total. The molecule has 1 saturated heterocycles. The van der Waals surface area contributed by atoms with Gasteiger partial charge in [0.15, 0.2) is 0 Å². The van der Waals surface area contributed by atoms with Crippen LogP contribution in [0.4, 0.5) is 5.69 Å². The maximum absolute atomic E-state index is 12.5. The number of carbonyl (C=O) groups excluding carboxylic acids is 1. The second kappa shape index (κ2) is 8.86. The van der Waals surface area contributed by atoms with Crippen LogP contribution in [-0.2, 0) is 9.53 Å². The number of hydrogen-bond donors (Lipinski definition) is 1. The first-order valence-corrected chi connectivity index (χ1v) is 9.53. The Kier molecular flexibility index (Phi) is 6.30. The van der Waals surface area contributed by atoms with Crippen LogP contribution in [0.1, 0.15) is 38.2 Å². The molecule has 0 bridgehead atoms. The van der Waals surface area contributed by atoms with Crippen molar-refractivity contribution in [3.8, 4) is 6.07 Å². The Labute approximate surface area is 155 Å². The van der Waals surface area contributed by atoms with Crippen LogP contribution < -0.4 is 10.2 Å². The number of anilines is 1. The zero-order valence-electron chi connectivity index (χ0n) is 15.4. The summed E-state index contributed by atoms with van der Waals surface area (Å²) in [6.07, 6.45) is 6.18. The van der Waals surface area contributed by atoms with E-state index in [2.05, 4.69) is 23.2 Å². The summed E-state index contributed by atoms with van der Waals surface area (Å²) in [4.78, 5) is 14.8. The minimum absolute atomic E-state index is 0.168. The maximum atomic E-state index is 12.5. The average molecular weight is 353 g/mol. The molecule has 0 radical (unpaired) electrons. The molecule has 1 amide bonds. The second-order valence-electron chi connectivity index (χ2n) is 7.20.